The molecular formula is C13H10F3N3O. The number of halogens is 3. The van der Waals surface area contributed by atoms with Crippen LogP contribution in [0.3, 0.4) is 0 Å². The minimum absolute atomic E-state index is 0.236. The number of carbonyl (C=O) groups excluding carboxylic acids is 1. The highest BCUT2D eigenvalue weighted by molar-refractivity contribution is 5.59. The van der Waals surface area contributed by atoms with E-state index in [0.29, 0.717) is 23.4 Å². The Balaban J connectivity index is 2.25. The molecule has 1 heterocycles. The van der Waals surface area contributed by atoms with Gasteiger partial charge in [-0.05, 0) is 18.2 Å². The molecule has 0 unspecified atom stereocenters. The molecule has 4 nitrogen and oxygen atoms in total. The third-order valence-corrected chi connectivity index (χ3v) is 2.60. The van der Waals surface area contributed by atoms with Crippen molar-refractivity contribution in [3.8, 4) is 11.3 Å². The maximum atomic E-state index is 12.5. The Kier molecular flexibility index (Phi) is 3.97. The third-order valence-electron chi connectivity index (χ3n) is 2.60. The maximum Gasteiger partial charge on any atom is 0.416 e. The predicted molar refractivity (Wildman–Crippen MR) is 65.4 cm³/mol. The quantitative estimate of drug-likeness (QED) is 0.876. The van der Waals surface area contributed by atoms with Gasteiger partial charge in [-0.15, -0.1) is 0 Å². The van der Waals surface area contributed by atoms with Gasteiger partial charge in [-0.1, -0.05) is 12.1 Å². The van der Waals surface area contributed by atoms with E-state index < -0.39 is 11.7 Å². The summed E-state index contributed by atoms with van der Waals surface area (Å²) in [5.41, 5.74) is 0.907. The van der Waals surface area contributed by atoms with Crippen LogP contribution in [0.4, 0.5) is 13.2 Å². The van der Waals surface area contributed by atoms with Gasteiger partial charge in [0.25, 0.3) is 0 Å². The number of nitrogens with zero attached hydrogens (tertiary/aromatic N) is 2. The number of amides is 1. The zero-order chi connectivity index (χ0) is 14.6. The molecule has 7 heteroatoms. The van der Waals surface area contributed by atoms with E-state index in [4.69, 9.17) is 0 Å². The second-order valence-electron chi connectivity index (χ2n) is 3.97. The van der Waals surface area contributed by atoms with Crippen molar-refractivity contribution in [3.63, 3.8) is 0 Å². The van der Waals surface area contributed by atoms with Crippen molar-refractivity contribution in [3.05, 3.63) is 47.9 Å². The minimum atomic E-state index is -4.36. The first kappa shape index (κ1) is 14.0. The average Bonchev–Trinajstić information content (AvgIpc) is 2.45. The summed E-state index contributed by atoms with van der Waals surface area (Å²) in [4.78, 5) is 18.2. The number of benzene rings is 1. The largest absolute Gasteiger partial charge is 0.416 e. The molecule has 20 heavy (non-hydrogen) atoms. The highest BCUT2D eigenvalue weighted by Gasteiger charge is 2.29. The topological polar surface area (TPSA) is 54.9 Å². The lowest BCUT2D eigenvalue weighted by Gasteiger charge is -2.08. The molecule has 2 rings (SSSR count). The molecule has 0 bridgehead atoms. The van der Waals surface area contributed by atoms with Crippen LogP contribution in [-0.4, -0.2) is 16.4 Å². The zero-order valence-electron chi connectivity index (χ0n) is 10.2. The van der Waals surface area contributed by atoms with Crippen LogP contribution in [0.1, 0.15) is 11.3 Å². The number of alkyl halides is 3. The standard InChI is InChI=1S/C13H10F3N3O/c14-13(15,16)10-3-1-9(2-4-10)12-5-11(6-17-8-20)18-7-19-12/h1-5,7-8H,6H2,(H,17,20). The maximum absolute atomic E-state index is 12.5. The number of hydrogen-bond donors (Lipinski definition) is 1. The number of hydrogen-bond acceptors (Lipinski definition) is 3. The lowest BCUT2D eigenvalue weighted by Crippen LogP contribution is -2.11. The molecule has 104 valence electrons. The first-order valence-corrected chi connectivity index (χ1v) is 5.66. The Morgan fingerprint density at radius 3 is 2.45 bits per heavy atom. The molecule has 2 aromatic rings. The van der Waals surface area contributed by atoms with Crippen LogP contribution < -0.4 is 5.32 Å². The highest BCUT2D eigenvalue weighted by atomic mass is 19.4. The summed E-state index contributed by atoms with van der Waals surface area (Å²) in [6, 6.07) is 6.31. The summed E-state index contributed by atoms with van der Waals surface area (Å²) in [5, 5.41) is 2.45. The second-order valence-corrected chi connectivity index (χ2v) is 3.97. The van der Waals surface area contributed by atoms with E-state index in [1.165, 1.54) is 18.5 Å². The zero-order valence-corrected chi connectivity index (χ0v) is 10.2. The van der Waals surface area contributed by atoms with Gasteiger partial charge in [0, 0.05) is 5.56 Å². The molecule has 0 radical (unpaired) electrons. The first-order valence-electron chi connectivity index (χ1n) is 5.66. The Labute approximate surface area is 112 Å². The summed E-state index contributed by atoms with van der Waals surface area (Å²) < 4.78 is 37.4. The van der Waals surface area contributed by atoms with Gasteiger partial charge in [0.2, 0.25) is 6.41 Å². The molecule has 0 aliphatic carbocycles. The van der Waals surface area contributed by atoms with Gasteiger partial charge in [-0.25, -0.2) is 9.97 Å². The van der Waals surface area contributed by atoms with E-state index in [1.54, 1.807) is 6.07 Å². The van der Waals surface area contributed by atoms with E-state index in [2.05, 4.69) is 15.3 Å². The van der Waals surface area contributed by atoms with Gasteiger partial charge in [-0.2, -0.15) is 13.2 Å². The fraction of sp³-hybridized carbons (Fsp3) is 0.154. The van der Waals surface area contributed by atoms with Gasteiger partial charge >= 0.3 is 6.18 Å². The summed E-state index contributed by atoms with van der Waals surface area (Å²) in [6.45, 7) is 0.236. The van der Waals surface area contributed by atoms with Crippen LogP contribution in [0.15, 0.2) is 36.7 Å². The Bertz CT molecular complexity index is 597. The molecule has 0 saturated carbocycles. The number of aromatic nitrogens is 2. The van der Waals surface area contributed by atoms with Crippen LogP contribution >= 0.6 is 0 Å². The lowest BCUT2D eigenvalue weighted by molar-refractivity contribution is -0.137. The van der Waals surface area contributed by atoms with Crippen LogP contribution in [-0.2, 0) is 17.5 Å². The molecule has 1 N–H and O–H groups in total. The van der Waals surface area contributed by atoms with Gasteiger partial charge < -0.3 is 5.32 Å². The average molecular weight is 281 g/mol. The molecule has 0 fully saturated rings. The van der Waals surface area contributed by atoms with E-state index >= 15 is 0 Å². The van der Waals surface area contributed by atoms with Crippen LogP contribution in [0, 0.1) is 0 Å². The first-order chi connectivity index (χ1) is 9.50. The van der Waals surface area contributed by atoms with Crippen molar-refractivity contribution >= 4 is 6.41 Å². The smallest absolute Gasteiger partial charge is 0.353 e. The monoisotopic (exact) mass is 281 g/mol. The molecule has 1 aromatic carbocycles. The van der Waals surface area contributed by atoms with Gasteiger partial charge in [-0.3, -0.25) is 4.79 Å². The fourth-order valence-corrected chi connectivity index (χ4v) is 1.63. The van der Waals surface area contributed by atoms with Gasteiger partial charge in [0.05, 0.1) is 23.5 Å². The molecule has 0 aliphatic heterocycles. The van der Waals surface area contributed by atoms with Crippen molar-refractivity contribution < 1.29 is 18.0 Å². The Morgan fingerprint density at radius 1 is 1.15 bits per heavy atom. The molecule has 0 saturated heterocycles. The Morgan fingerprint density at radius 2 is 1.85 bits per heavy atom. The second kappa shape index (κ2) is 5.68. The Hall–Kier alpha value is -2.44. The lowest BCUT2D eigenvalue weighted by atomic mass is 10.1. The number of nitrogens with one attached hydrogen (secondary N) is 1. The molecule has 0 spiro atoms. The van der Waals surface area contributed by atoms with E-state index in [9.17, 15) is 18.0 Å². The molecular weight excluding hydrogens is 271 g/mol. The van der Waals surface area contributed by atoms with Crippen LogP contribution in [0.2, 0.25) is 0 Å². The van der Waals surface area contributed by atoms with Gasteiger partial charge in [0.15, 0.2) is 0 Å². The molecule has 0 aliphatic rings. The minimum Gasteiger partial charge on any atom is -0.353 e. The van der Waals surface area contributed by atoms with Crippen molar-refractivity contribution in [2.75, 3.05) is 0 Å². The number of rotatable bonds is 4. The molecule has 1 aromatic heterocycles. The highest BCUT2D eigenvalue weighted by Crippen LogP contribution is 2.30. The van der Waals surface area contributed by atoms with E-state index in [1.807, 2.05) is 0 Å². The predicted octanol–water partition coefficient (Wildman–Crippen LogP) is 2.41. The van der Waals surface area contributed by atoms with Crippen molar-refractivity contribution in [2.45, 2.75) is 12.7 Å². The van der Waals surface area contributed by atoms with Crippen LogP contribution in [0.25, 0.3) is 11.3 Å². The molecule has 0 atom stereocenters. The summed E-state index contributed by atoms with van der Waals surface area (Å²) in [5.74, 6) is 0. The third kappa shape index (κ3) is 3.31. The fourth-order valence-electron chi connectivity index (χ4n) is 1.63. The summed E-state index contributed by atoms with van der Waals surface area (Å²) in [7, 11) is 0. The SMILES string of the molecule is O=CNCc1cc(-c2ccc(C(F)(F)F)cc2)ncn1. The van der Waals surface area contributed by atoms with Crippen molar-refractivity contribution in [2.24, 2.45) is 0 Å². The number of carbonyl (C=O) groups is 1. The van der Waals surface area contributed by atoms with Crippen molar-refractivity contribution in [1.29, 1.82) is 0 Å². The van der Waals surface area contributed by atoms with Crippen molar-refractivity contribution in [1.82, 2.24) is 15.3 Å². The molecule has 1 amide bonds. The van der Waals surface area contributed by atoms with E-state index in [0.717, 1.165) is 12.1 Å². The van der Waals surface area contributed by atoms with Gasteiger partial charge in [0.1, 0.15) is 6.33 Å². The van der Waals surface area contributed by atoms with E-state index in [-0.39, 0.29) is 6.54 Å². The van der Waals surface area contributed by atoms with Crippen LogP contribution in [0.5, 0.6) is 0 Å². The normalized spacial score (nSPS) is 11.2. The summed E-state index contributed by atoms with van der Waals surface area (Å²) in [6.07, 6.45) is -2.52. The summed E-state index contributed by atoms with van der Waals surface area (Å²) >= 11 is 0.